The highest BCUT2D eigenvalue weighted by molar-refractivity contribution is 6.32. The molecule has 2 aromatic carbocycles. The molecule has 0 fully saturated rings. The van der Waals surface area contributed by atoms with Crippen LogP contribution in [0.1, 0.15) is 17.3 Å². The van der Waals surface area contributed by atoms with Crippen LogP contribution in [-0.4, -0.2) is 23.0 Å². The number of benzene rings is 2. The molecule has 2 aromatic rings. The minimum atomic E-state index is -0.722. The van der Waals surface area contributed by atoms with E-state index in [4.69, 9.17) is 11.6 Å². The number of halogens is 1. The molecule has 0 unspecified atom stereocenters. The van der Waals surface area contributed by atoms with Gasteiger partial charge in [0.1, 0.15) is 11.8 Å². The molecule has 0 aliphatic rings. The number of carbonyl (C=O) groups is 2. The third-order valence-corrected chi connectivity index (χ3v) is 3.29. The lowest BCUT2D eigenvalue weighted by atomic mass is 10.2. The van der Waals surface area contributed by atoms with Gasteiger partial charge >= 0.3 is 0 Å². The van der Waals surface area contributed by atoms with Crippen molar-refractivity contribution in [3.63, 3.8) is 0 Å². The number of anilines is 1. The number of carbonyl (C=O) groups excluding carboxylic acids is 2. The normalized spacial score (nSPS) is 11.5. The molecule has 0 saturated heterocycles. The fourth-order valence-electron chi connectivity index (χ4n) is 1.77. The smallest absolute Gasteiger partial charge is 0.251 e. The summed E-state index contributed by atoms with van der Waals surface area (Å²) < 4.78 is 0. The van der Waals surface area contributed by atoms with Gasteiger partial charge in [0.25, 0.3) is 5.91 Å². The van der Waals surface area contributed by atoms with Gasteiger partial charge in [-0.3, -0.25) is 9.59 Å². The summed E-state index contributed by atoms with van der Waals surface area (Å²) in [6, 6.07) is 12.3. The zero-order valence-corrected chi connectivity index (χ0v) is 12.6. The van der Waals surface area contributed by atoms with Crippen LogP contribution >= 0.6 is 11.6 Å². The number of hydrogen-bond acceptors (Lipinski definition) is 3. The van der Waals surface area contributed by atoms with E-state index in [9.17, 15) is 14.7 Å². The highest BCUT2D eigenvalue weighted by Crippen LogP contribution is 2.23. The van der Waals surface area contributed by atoms with Crippen molar-refractivity contribution >= 4 is 29.1 Å². The number of amides is 2. The molecule has 0 heterocycles. The number of hydrogen-bond donors (Lipinski definition) is 3. The van der Waals surface area contributed by atoms with Gasteiger partial charge in [-0.15, -0.1) is 0 Å². The molecule has 2 rings (SSSR count). The molecule has 114 valence electrons. The standard InChI is InChI=1S/C16H15ClN2O3/c1-10(15(21)19-12-5-3-2-4-6-12)18-16(22)11-7-8-14(20)13(17)9-11/h2-10,20H,1H3,(H,18,22)(H,19,21)/t10-/m1/s1. The zero-order chi connectivity index (χ0) is 16.1. The molecular weight excluding hydrogens is 304 g/mol. The topological polar surface area (TPSA) is 78.4 Å². The van der Waals surface area contributed by atoms with Crippen LogP contribution in [0.4, 0.5) is 5.69 Å². The van der Waals surface area contributed by atoms with Gasteiger partial charge in [-0.1, -0.05) is 29.8 Å². The summed E-state index contributed by atoms with van der Waals surface area (Å²) >= 11 is 5.76. The van der Waals surface area contributed by atoms with E-state index in [-0.39, 0.29) is 22.2 Å². The Morgan fingerprint density at radius 2 is 1.82 bits per heavy atom. The molecule has 0 aromatic heterocycles. The SMILES string of the molecule is C[C@@H](NC(=O)c1ccc(O)c(Cl)c1)C(=O)Nc1ccccc1. The summed E-state index contributed by atoms with van der Waals surface area (Å²) in [5.41, 5.74) is 0.920. The number of aromatic hydroxyl groups is 1. The fourth-order valence-corrected chi connectivity index (χ4v) is 1.95. The lowest BCUT2D eigenvalue weighted by Crippen LogP contribution is -2.41. The van der Waals surface area contributed by atoms with E-state index in [1.165, 1.54) is 18.2 Å². The second kappa shape index (κ2) is 6.95. The number of nitrogens with one attached hydrogen (secondary N) is 2. The van der Waals surface area contributed by atoms with Gasteiger partial charge in [0.15, 0.2) is 0 Å². The molecule has 0 bridgehead atoms. The Morgan fingerprint density at radius 3 is 2.45 bits per heavy atom. The minimum absolute atomic E-state index is 0.0778. The third kappa shape index (κ3) is 3.99. The maximum atomic E-state index is 12.0. The largest absolute Gasteiger partial charge is 0.506 e. The molecule has 1 atom stereocenters. The zero-order valence-electron chi connectivity index (χ0n) is 11.8. The molecule has 2 amide bonds. The molecular formula is C16H15ClN2O3. The van der Waals surface area contributed by atoms with E-state index in [1.54, 1.807) is 31.2 Å². The monoisotopic (exact) mass is 318 g/mol. The minimum Gasteiger partial charge on any atom is -0.506 e. The third-order valence-electron chi connectivity index (χ3n) is 2.99. The quantitative estimate of drug-likeness (QED) is 0.811. The molecule has 0 aliphatic heterocycles. The van der Waals surface area contributed by atoms with Gasteiger partial charge in [0.2, 0.25) is 5.91 Å². The first-order valence-corrected chi connectivity index (χ1v) is 7.00. The van der Waals surface area contributed by atoms with Gasteiger partial charge in [0, 0.05) is 11.3 Å². The Balaban J connectivity index is 1.98. The summed E-state index contributed by atoms with van der Waals surface area (Å²) in [6.07, 6.45) is 0. The first kappa shape index (κ1) is 15.9. The van der Waals surface area contributed by atoms with Crippen LogP contribution in [0.2, 0.25) is 5.02 Å². The summed E-state index contributed by atoms with van der Waals surface area (Å²) in [5, 5.41) is 14.7. The number of rotatable bonds is 4. The van der Waals surface area contributed by atoms with Crippen molar-refractivity contribution in [1.82, 2.24) is 5.32 Å². The van der Waals surface area contributed by atoms with E-state index < -0.39 is 11.9 Å². The van der Waals surface area contributed by atoms with E-state index >= 15 is 0 Å². The van der Waals surface area contributed by atoms with Crippen LogP contribution in [0.25, 0.3) is 0 Å². The van der Waals surface area contributed by atoms with Crippen molar-refractivity contribution in [2.45, 2.75) is 13.0 Å². The highest BCUT2D eigenvalue weighted by Gasteiger charge is 2.17. The molecule has 0 radical (unpaired) electrons. The predicted molar refractivity (Wildman–Crippen MR) is 85.1 cm³/mol. The second-order valence-electron chi connectivity index (χ2n) is 4.72. The van der Waals surface area contributed by atoms with Crippen LogP contribution in [-0.2, 0) is 4.79 Å². The van der Waals surface area contributed by atoms with Crippen LogP contribution < -0.4 is 10.6 Å². The van der Waals surface area contributed by atoms with E-state index in [0.717, 1.165) is 0 Å². The van der Waals surface area contributed by atoms with Gasteiger partial charge in [0.05, 0.1) is 5.02 Å². The van der Waals surface area contributed by atoms with Crippen molar-refractivity contribution in [3.05, 3.63) is 59.1 Å². The average molecular weight is 319 g/mol. The van der Waals surface area contributed by atoms with Crippen molar-refractivity contribution in [2.24, 2.45) is 0 Å². The van der Waals surface area contributed by atoms with Crippen LogP contribution in [0.3, 0.4) is 0 Å². The number of para-hydroxylation sites is 1. The Hall–Kier alpha value is -2.53. The molecule has 5 nitrogen and oxygen atoms in total. The Morgan fingerprint density at radius 1 is 1.14 bits per heavy atom. The maximum Gasteiger partial charge on any atom is 0.251 e. The van der Waals surface area contributed by atoms with Crippen molar-refractivity contribution in [2.75, 3.05) is 5.32 Å². The maximum absolute atomic E-state index is 12.0. The summed E-state index contributed by atoms with van der Waals surface area (Å²) in [6.45, 7) is 1.58. The van der Waals surface area contributed by atoms with Gasteiger partial charge in [-0.2, -0.15) is 0 Å². The van der Waals surface area contributed by atoms with Gasteiger partial charge < -0.3 is 15.7 Å². The Kier molecular flexibility index (Phi) is 5.01. The van der Waals surface area contributed by atoms with Gasteiger partial charge in [-0.05, 0) is 37.3 Å². The lowest BCUT2D eigenvalue weighted by Gasteiger charge is -2.14. The number of phenolic OH excluding ortho intramolecular Hbond substituents is 1. The van der Waals surface area contributed by atoms with Gasteiger partial charge in [-0.25, -0.2) is 0 Å². The van der Waals surface area contributed by atoms with E-state index in [2.05, 4.69) is 10.6 Å². The molecule has 0 spiro atoms. The van der Waals surface area contributed by atoms with E-state index in [0.29, 0.717) is 5.69 Å². The summed E-state index contributed by atoms with van der Waals surface area (Å²) in [7, 11) is 0. The van der Waals surface area contributed by atoms with Crippen LogP contribution in [0, 0.1) is 0 Å². The highest BCUT2D eigenvalue weighted by atomic mass is 35.5. The molecule has 22 heavy (non-hydrogen) atoms. The average Bonchev–Trinajstić information content (AvgIpc) is 2.50. The van der Waals surface area contributed by atoms with Crippen LogP contribution in [0.5, 0.6) is 5.75 Å². The summed E-state index contributed by atoms with van der Waals surface area (Å²) in [4.78, 5) is 24.1. The fraction of sp³-hybridized carbons (Fsp3) is 0.125. The molecule has 0 aliphatic carbocycles. The molecule has 6 heteroatoms. The van der Waals surface area contributed by atoms with Crippen molar-refractivity contribution < 1.29 is 14.7 Å². The van der Waals surface area contributed by atoms with Crippen LogP contribution in [0.15, 0.2) is 48.5 Å². The van der Waals surface area contributed by atoms with Crippen molar-refractivity contribution in [3.8, 4) is 5.75 Å². The lowest BCUT2D eigenvalue weighted by molar-refractivity contribution is -0.117. The molecule has 0 saturated carbocycles. The molecule has 3 N–H and O–H groups in total. The predicted octanol–water partition coefficient (Wildman–Crippen LogP) is 2.80. The first-order valence-electron chi connectivity index (χ1n) is 6.62. The first-order chi connectivity index (χ1) is 10.5. The Labute approximate surface area is 132 Å². The van der Waals surface area contributed by atoms with E-state index in [1.807, 2.05) is 6.07 Å². The Bertz CT molecular complexity index is 689. The second-order valence-corrected chi connectivity index (χ2v) is 5.12. The summed E-state index contributed by atoms with van der Waals surface area (Å²) in [5.74, 6) is -0.880. The number of phenols is 1. The van der Waals surface area contributed by atoms with Crippen molar-refractivity contribution in [1.29, 1.82) is 0 Å².